The van der Waals surface area contributed by atoms with Crippen LogP contribution in [0.5, 0.6) is 0 Å². The molecule has 3 heterocycles. The van der Waals surface area contributed by atoms with E-state index in [1.807, 2.05) is 6.92 Å². The molecule has 2 fully saturated rings. The summed E-state index contributed by atoms with van der Waals surface area (Å²) in [6.07, 6.45) is 4.57. The Kier molecular flexibility index (Phi) is 5.55. The summed E-state index contributed by atoms with van der Waals surface area (Å²) in [6, 6.07) is 4.22. The topological polar surface area (TPSA) is 47.4 Å². The lowest BCUT2D eigenvalue weighted by Gasteiger charge is -2.35. The number of halogens is 1. The van der Waals surface area contributed by atoms with Gasteiger partial charge in [0.05, 0.1) is 10.9 Å². The van der Waals surface area contributed by atoms with E-state index in [0.717, 1.165) is 45.1 Å². The lowest BCUT2D eigenvalue weighted by Crippen LogP contribution is -2.40. The number of rotatable bonds is 4. The number of ether oxygens (including phenoxy) is 1. The van der Waals surface area contributed by atoms with Gasteiger partial charge < -0.3 is 9.64 Å². The first kappa shape index (κ1) is 18.6. The summed E-state index contributed by atoms with van der Waals surface area (Å²) >= 11 is 0. The molecular weight excluding hydrogens is 345 g/mol. The normalized spacial score (nSPS) is 20.4. The van der Waals surface area contributed by atoms with E-state index >= 15 is 0 Å². The largest absolute Gasteiger partial charge is 0.381 e. The first-order chi connectivity index (χ1) is 13.1. The van der Waals surface area contributed by atoms with E-state index in [-0.39, 0.29) is 11.4 Å². The lowest BCUT2D eigenvalue weighted by molar-refractivity contribution is 0.0461. The van der Waals surface area contributed by atoms with Crippen LogP contribution in [0.4, 0.5) is 4.39 Å². The zero-order valence-corrected chi connectivity index (χ0v) is 16.0. The molecule has 0 unspecified atom stereocenters. The number of fused-ring (bicyclic) bond motifs is 1. The second kappa shape index (κ2) is 8.07. The van der Waals surface area contributed by atoms with Crippen molar-refractivity contribution < 1.29 is 9.13 Å². The van der Waals surface area contributed by atoms with Gasteiger partial charge in [-0.2, -0.15) is 0 Å². The number of nitrogens with zero attached hydrogens (tertiary/aromatic N) is 3. The number of aromatic nitrogens is 2. The van der Waals surface area contributed by atoms with Crippen LogP contribution in [0.3, 0.4) is 0 Å². The van der Waals surface area contributed by atoms with Crippen LogP contribution in [0.1, 0.15) is 31.5 Å². The van der Waals surface area contributed by atoms with Gasteiger partial charge in [0.15, 0.2) is 0 Å². The van der Waals surface area contributed by atoms with Gasteiger partial charge in [-0.05, 0) is 69.7 Å². The van der Waals surface area contributed by atoms with Crippen molar-refractivity contribution in [3.05, 3.63) is 40.2 Å². The maximum absolute atomic E-state index is 13.4. The first-order valence-electron chi connectivity index (χ1n) is 10.1. The summed E-state index contributed by atoms with van der Waals surface area (Å²) in [5.41, 5.74) is 0.391. The molecule has 0 spiro atoms. The second-order valence-corrected chi connectivity index (χ2v) is 8.04. The minimum Gasteiger partial charge on any atom is -0.381 e. The lowest BCUT2D eigenvalue weighted by atomic mass is 9.94. The van der Waals surface area contributed by atoms with Gasteiger partial charge in [-0.25, -0.2) is 9.37 Å². The first-order valence-corrected chi connectivity index (χ1v) is 10.1. The summed E-state index contributed by atoms with van der Waals surface area (Å²) in [5, 5.41) is 0.499. The Morgan fingerprint density at radius 3 is 2.56 bits per heavy atom. The minimum atomic E-state index is -0.358. The van der Waals surface area contributed by atoms with E-state index in [1.165, 1.54) is 31.5 Å². The Hall–Kier alpha value is -1.79. The Morgan fingerprint density at radius 2 is 1.81 bits per heavy atom. The van der Waals surface area contributed by atoms with Crippen LogP contribution in [0.2, 0.25) is 0 Å². The van der Waals surface area contributed by atoms with Gasteiger partial charge in [-0.15, -0.1) is 0 Å². The molecule has 1 aromatic heterocycles. The van der Waals surface area contributed by atoms with Gasteiger partial charge in [-0.1, -0.05) is 0 Å². The molecular formula is C21H28FN3O2. The minimum absolute atomic E-state index is 0.0536. The molecule has 0 radical (unpaired) electrons. The predicted octanol–water partition coefficient (Wildman–Crippen LogP) is 2.98. The Bertz CT molecular complexity index is 852. The van der Waals surface area contributed by atoms with Crippen LogP contribution < -0.4 is 5.56 Å². The summed E-state index contributed by atoms with van der Waals surface area (Å²) in [7, 11) is 0. The molecule has 146 valence electrons. The molecule has 4 rings (SSSR count). The molecule has 5 nitrogen and oxygen atoms in total. The fraction of sp³-hybridized carbons (Fsp3) is 0.619. The highest BCUT2D eigenvalue weighted by Gasteiger charge is 2.24. The maximum atomic E-state index is 13.4. The molecule has 0 amide bonds. The number of hydrogen-bond acceptors (Lipinski definition) is 4. The Balaban J connectivity index is 1.40. The average Bonchev–Trinajstić information content (AvgIpc) is 2.67. The molecule has 0 atom stereocenters. The predicted molar refractivity (Wildman–Crippen MR) is 103 cm³/mol. The second-order valence-electron chi connectivity index (χ2n) is 8.04. The van der Waals surface area contributed by atoms with E-state index < -0.39 is 0 Å². The van der Waals surface area contributed by atoms with E-state index in [9.17, 15) is 9.18 Å². The number of piperidine rings is 1. The molecule has 0 aliphatic carbocycles. The molecule has 2 aromatic rings. The fourth-order valence-electron chi connectivity index (χ4n) is 4.42. The SMILES string of the molecule is Cc1nc2cc(F)ccc2c(=O)n1CC1CCN(CC2CCOCC2)CC1. The van der Waals surface area contributed by atoms with Crippen molar-refractivity contribution in [2.45, 2.75) is 39.2 Å². The van der Waals surface area contributed by atoms with Crippen molar-refractivity contribution in [3.8, 4) is 0 Å². The van der Waals surface area contributed by atoms with Crippen molar-refractivity contribution in [1.29, 1.82) is 0 Å². The van der Waals surface area contributed by atoms with Gasteiger partial charge in [0, 0.05) is 32.4 Å². The van der Waals surface area contributed by atoms with Crippen LogP contribution in [0, 0.1) is 24.6 Å². The van der Waals surface area contributed by atoms with Crippen LogP contribution in [-0.4, -0.2) is 47.3 Å². The molecule has 0 bridgehead atoms. The van der Waals surface area contributed by atoms with Crippen LogP contribution in [-0.2, 0) is 11.3 Å². The number of likely N-dealkylation sites (tertiary alicyclic amines) is 1. The van der Waals surface area contributed by atoms with Crippen LogP contribution in [0.15, 0.2) is 23.0 Å². The highest BCUT2D eigenvalue weighted by Crippen LogP contribution is 2.23. The fourth-order valence-corrected chi connectivity index (χ4v) is 4.42. The van der Waals surface area contributed by atoms with Gasteiger partial charge in [0.2, 0.25) is 0 Å². The highest BCUT2D eigenvalue weighted by molar-refractivity contribution is 5.77. The van der Waals surface area contributed by atoms with Gasteiger partial charge in [0.25, 0.3) is 5.56 Å². The van der Waals surface area contributed by atoms with Gasteiger partial charge in [0.1, 0.15) is 11.6 Å². The molecule has 2 saturated heterocycles. The Morgan fingerprint density at radius 1 is 1.11 bits per heavy atom. The zero-order chi connectivity index (χ0) is 18.8. The van der Waals surface area contributed by atoms with E-state index in [4.69, 9.17) is 4.74 Å². The van der Waals surface area contributed by atoms with E-state index in [0.29, 0.717) is 29.2 Å². The maximum Gasteiger partial charge on any atom is 0.261 e. The van der Waals surface area contributed by atoms with Gasteiger partial charge in [-0.3, -0.25) is 9.36 Å². The number of hydrogen-bond donors (Lipinski definition) is 0. The third-order valence-corrected chi connectivity index (χ3v) is 6.11. The number of aryl methyl sites for hydroxylation is 1. The molecule has 6 heteroatoms. The summed E-state index contributed by atoms with van der Waals surface area (Å²) < 4.78 is 20.6. The zero-order valence-electron chi connectivity index (χ0n) is 16.0. The highest BCUT2D eigenvalue weighted by atomic mass is 19.1. The summed E-state index contributed by atoms with van der Waals surface area (Å²) in [5.74, 6) is 1.57. The molecule has 0 N–H and O–H groups in total. The smallest absolute Gasteiger partial charge is 0.261 e. The monoisotopic (exact) mass is 373 g/mol. The standard InChI is InChI=1S/C21H28FN3O2/c1-15-23-20-12-18(22)2-3-19(20)21(26)25(15)14-16-4-8-24(9-5-16)13-17-6-10-27-11-7-17/h2-3,12,16-17H,4-11,13-14H2,1H3. The van der Waals surface area contributed by atoms with Crippen molar-refractivity contribution in [1.82, 2.24) is 14.5 Å². The average molecular weight is 373 g/mol. The summed E-state index contributed by atoms with van der Waals surface area (Å²) in [6.45, 7) is 7.73. The molecule has 0 saturated carbocycles. The Labute approximate surface area is 159 Å². The molecule has 2 aliphatic rings. The quantitative estimate of drug-likeness (QED) is 0.827. The molecule has 1 aromatic carbocycles. The van der Waals surface area contributed by atoms with Crippen LogP contribution >= 0.6 is 0 Å². The van der Waals surface area contributed by atoms with Crippen molar-refractivity contribution in [2.75, 3.05) is 32.8 Å². The van der Waals surface area contributed by atoms with Crippen LogP contribution in [0.25, 0.3) is 10.9 Å². The molecule has 27 heavy (non-hydrogen) atoms. The third-order valence-electron chi connectivity index (χ3n) is 6.11. The van der Waals surface area contributed by atoms with Crippen molar-refractivity contribution in [3.63, 3.8) is 0 Å². The summed E-state index contributed by atoms with van der Waals surface area (Å²) in [4.78, 5) is 19.9. The van der Waals surface area contributed by atoms with Gasteiger partial charge >= 0.3 is 0 Å². The molecule has 2 aliphatic heterocycles. The van der Waals surface area contributed by atoms with E-state index in [2.05, 4.69) is 9.88 Å². The van der Waals surface area contributed by atoms with Crippen molar-refractivity contribution in [2.24, 2.45) is 11.8 Å². The number of benzene rings is 1. The third kappa shape index (κ3) is 4.22. The van der Waals surface area contributed by atoms with E-state index in [1.54, 1.807) is 10.6 Å². The van der Waals surface area contributed by atoms with Crippen molar-refractivity contribution >= 4 is 10.9 Å².